The minimum atomic E-state index is -0.449. The van der Waals surface area contributed by atoms with Gasteiger partial charge in [-0.1, -0.05) is 43.6 Å². The van der Waals surface area contributed by atoms with Crippen LogP contribution in [0, 0.1) is 5.92 Å². The summed E-state index contributed by atoms with van der Waals surface area (Å²) in [4.78, 5) is 11.7. The lowest BCUT2D eigenvalue weighted by Gasteiger charge is -2.32. The third kappa shape index (κ3) is 6.51. The molecule has 0 bridgehead atoms. The van der Waals surface area contributed by atoms with Crippen LogP contribution in [-0.2, 0) is 16.0 Å². The Morgan fingerprint density at radius 1 is 1.30 bits per heavy atom. The maximum Gasteiger partial charge on any atom is 0.333 e. The van der Waals surface area contributed by atoms with Gasteiger partial charge in [-0.25, -0.2) is 4.79 Å². The first-order chi connectivity index (χ1) is 14.4. The molecule has 0 saturated heterocycles. The molecule has 0 heterocycles. The number of carbonyl (C=O) groups excluding carboxylic acids is 1. The van der Waals surface area contributed by atoms with Gasteiger partial charge in [0.15, 0.2) is 0 Å². The molecule has 0 unspecified atom stereocenters. The molecular weight excluding hydrogens is 376 g/mol. The van der Waals surface area contributed by atoms with E-state index in [2.05, 4.69) is 26.5 Å². The molecule has 1 aliphatic rings. The average Bonchev–Trinajstić information content (AvgIpc) is 2.68. The molecule has 30 heavy (non-hydrogen) atoms. The van der Waals surface area contributed by atoms with E-state index in [9.17, 15) is 9.90 Å². The molecule has 0 aromatic heterocycles. The van der Waals surface area contributed by atoms with Crippen molar-refractivity contribution in [2.75, 3.05) is 6.61 Å². The number of carbonyl (C=O) groups is 1. The van der Waals surface area contributed by atoms with E-state index in [1.165, 1.54) is 17.9 Å². The normalized spacial score (nSPS) is 18.9. The highest BCUT2D eigenvalue weighted by molar-refractivity contribution is 5.81. The zero-order chi connectivity index (χ0) is 22.1. The van der Waals surface area contributed by atoms with Crippen LogP contribution in [0.3, 0.4) is 0 Å². The van der Waals surface area contributed by atoms with Gasteiger partial charge in [0.05, 0.1) is 18.9 Å². The molecule has 1 aromatic rings. The van der Waals surface area contributed by atoms with Crippen LogP contribution in [0.15, 0.2) is 48.3 Å². The Bertz CT molecular complexity index is 803. The molecule has 0 aliphatic heterocycles. The van der Waals surface area contributed by atoms with Crippen LogP contribution in [0.2, 0.25) is 0 Å². The summed E-state index contributed by atoms with van der Waals surface area (Å²) in [6.07, 6.45) is 11.1. The van der Waals surface area contributed by atoms with Gasteiger partial charge in [-0.2, -0.15) is 0 Å². The van der Waals surface area contributed by atoms with Crippen molar-refractivity contribution in [3.63, 3.8) is 0 Å². The SMILES string of the molecule is C=C(C)[C@@H]1CCC(C)=C[C@H]1c1c(O)cc(CCCCC)cc1O/C=C/C(=O)OCC. The van der Waals surface area contributed by atoms with Gasteiger partial charge in [-0.3, -0.25) is 0 Å². The fraction of sp³-hybridized carbons (Fsp3) is 0.500. The summed E-state index contributed by atoms with van der Waals surface area (Å²) in [6, 6.07) is 3.85. The van der Waals surface area contributed by atoms with Gasteiger partial charge < -0.3 is 14.6 Å². The summed E-state index contributed by atoms with van der Waals surface area (Å²) in [6.45, 7) is 12.6. The van der Waals surface area contributed by atoms with Gasteiger partial charge in [-0.05, 0) is 70.1 Å². The van der Waals surface area contributed by atoms with Crippen molar-refractivity contribution in [3.05, 3.63) is 59.4 Å². The number of phenolic OH excluding ortho intramolecular Hbond substituents is 1. The van der Waals surface area contributed by atoms with Crippen LogP contribution in [-0.4, -0.2) is 17.7 Å². The molecule has 1 N–H and O–H groups in total. The number of hydrogen-bond acceptors (Lipinski definition) is 4. The Morgan fingerprint density at radius 2 is 2.07 bits per heavy atom. The monoisotopic (exact) mass is 412 g/mol. The quantitative estimate of drug-likeness (QED) is 0.155. The molecule has 1 aromatic carbocycles. The summed E-state index contributed by atoms with van der Waals surface area (Å²) < 4.78 is 10.8. The summed E-state index contributed by atoms with van der Waals surface area (Å²) in [7, 11) is 0. The minimum absolute atomic E-state index is 0.00747. The highest BCUT2D eigenvalue weighted by atomic mass is 16.5. The molecule has 164 valence electrons. The first-order valence-corrected chi connectivity index (χ1v) is 11.1. The number of aromatic hydroxyl groups is 1. The first kappa shape index (κ1) is 23.8. The van der Waals surface area contributed by atoms with Crippen LogP contribution in [0.25, 0.3) is 0 Å². The van der Waals surface area contributed by atoms with Crippen LogP contribution in [0.1, 0.15) is 76.8 Å². The minimum Gasteiger partial charge on any atom is -0.507 e. The molecule has 0 radical (unpaired) electrons. The standard InChI is InChI=1S/C26H36O4/c1-6-8-9-10-20-16-23(27)26(22-15-19(5)11-12-21(22)18(3)4)24(17-20)30-14-13-25(28)29-7-2/h13-17,21-22,27H,3,6-12H2,1-2,4-5H3/b14-13+/t21-,22+/m0/s1. The fourth-order valence-corrected chi connectivity index (χ4v) is 4.08. The first-order valence-electron chi connectivity index (χ1n) is 11.1. The molecule has 0 amide bonds. The fourth-order valence-electron chi connectivity index (χ4n) is 4.08. The second kappa shape index (κ2) is 11.6. The number of esters is 1. The molecule has 0 fully saturated rings. The van der Waals surface area contributed by atoms with Crippen LogP contribution < -0.4 is 4.74 Å². The van der Waals surface area contributed by atoms with Crippen molar-refractivity contribution in [3.8, 4) is 11.5 Å². The maximum absolute atomic E-state index is 11.7. The van der Waals surface area contributed by atoms with Crippen molar-refractivity contribution >= 4 is 5.97 Å². The lowest BCUT2D eigenvalue weighted by atomic mass is 9.73. The predicted octanol–water partition coefficient (Wildman–Crippen LogP) is 6.60. The van der Waals surface area contributed by atoms with E-state index >= 15 is 0 Å². The lowest BCUT2D eigenvalue weighted by molar-refractivity contribution is -0.137. The van der Waals surface area contributed by atoms with E-state index < -0.39 is 5.97 Å². The zero-order valence-electron chi connectivity index (χ0n) is 18.9. The number of aryl methyl sites for hydroxylation is 1. The molecule has 2 atom stereocenters. The van der Waals surface area contributed by atoms with E-state index in [0.29, 0.717) is 12.4 Å². The third-order valence-electron chi connectivity index (χ3n) is 5.65. The summed E-state index contributed by atoms with van der Waals surface area (Å²) in [5.41, 5.74) is 4.20. The maximum atomic E-state index is 11.7. The summed E-state index contributed by atoms with van der Waals surface area (Å²) in [5.74, 6) is 0.611. The van der Waals surface area contributed by atoms with Crippen LogP contribution in [0.4, 0.5) is 0 Å². The summed E-state index contributed by atoms with van der Waals surface area (Å²) >= 11 is 0. The number of hydrogen-bond donors (Lipinski definition) is 1. The number of benzene rings is 1. The van der Waals surface area contributed by atoms with Crippen LogP contribution >= 0.6 is 0 Å². The van der Waals surface area contributed by atoms with Gasteiger partial charge in [0, 0.05) is 11.5 Å². The molecular formula is C26H36O4. The number of ether oxygens (including phenoxy) is 2. The van der Waals surface area contributed by atoms with Crippen molar-refractivity contribution < 1.29 is 19.4 Å². The molecule has 0 spiro atoms. The Hall–Kier alpha value is -2.49. The Balaban J connectivity index is 2.44. The van der Waals surface area contributed by atoms with E-state index in [-0.39, 0.29) is 17.6 Å². The Kier molecular flexibility index (Phi) is 9.22. The molecule has 4 heteroatoms. The summed E-state index contributed by atoms with van der Waals surface area (Å²) in [5, 5.41) is 11.0. The van der Waals surface area contributed by atoms with E-state index in [0.717, 1.165) is 55.2 Å². The van der Waals surface area contributed by atoms with Gasteiger partial charge in [0.2, 0.25) is 0 Å². The number of unbranched alkanes of at least 4 members (excludes halogenated alkanes) is 2. The van der Waals surface area contributed by atoms with E-state index in [1.54, 1.807) is 6.92 Å². The number of allylic oxidation sites excluding steroid dienone is 3. The van der Waals surface area contributed by atoms with Gasteiger partial charge >= 0.3 is 5.97 Å². The third-order valence-corrected chi connectivity index (χ3v) is 5.65. The molecule has 0 saturated carbocycles. The number of rotatable bonds is 10. The Morgan fingerprint density at radius 3 is 2.73 bits per heavy atom. The van der Waals surface area contributed by atoms with Crippen molar-refractivity contribution in [2.45, 2.75) is 72.1 Å². The largest absolute Gasteiger partial charge is 0.507 e. The lowest BCUT2D eigenvalue weighted by Crippen LogP contribution is -2.17. The smallest absolute Gasteiger partial charge is 0.333 e. The van der Waals surface area contributed by atoms with Crippen molar-refractivity contribution in [1.29, 1.82) is 0 Å². The van der Waals surface area contributed by atoms with E-state index in [4.69, 9.17) is 9.47 Å². The zero-order valence-corrected chi connectivity index (χ0v) is 18.9. The highest BCUT2D eigenvalue weighted by Gasteiger charge is 2.30. The highest BCUT2D eigenvalue weighted by Crippen LogP contribution is 2.47. The van der Waals surface area contributed by atoms with Gasteiger partial charge in [-0.15, -0.1) is 0 Å². The topological polar surface area (TPSA) is 55.8 Å². The molecule has 2 rings (SSSR count). The predicted molar refractivity (Wildman–Crippen MR) is 122 cm³/mol. The second-order valence-corrected chi connectivity index (χ2v) is 8.19. The molecule has 1 aliphatic carbocycles. The second-order valence-electron chi connectivity index (χ2n) is 8.19. The van der Waals surface area contributed by atoms with E-state index in [1.807, 2.05) is 19.1 Å². The Labute approximate surface area is 181 Å². The molecule has 4 nitrogen and oxygen atoms in total. The van der Waals surface area contributed by atoms with Gasteiger partial charge in [0.25, 0.3) is 0 Å². The van der Waals surface area contributed by atoms with Gasteiger partial charge in [0.1, 0.15) is 11.5 Å². The average molecular weight is 413 g/mol. The van der Waals surface area contributed by atoms with Crippen LogP contribution in [0.5, 0.6) is 11.5 Å². The van der Waals surface area contributed by atoms with Crippen molar-refractivity contribution in [2.24, 2.45) is 5.92 Å². The van der Waals surface area contributed by atoms with Crippen molar-refractivity contribution in [1.82, 2.24) is 0 Å². The number of phenols is 1.